The Morgan fingerprint density at radius 3 is 2.20 bits per heavy atom. The number of aliphatic carboxylic acids is 1. The van der Waals surface area contributed by atoms with Gasteiger partial charge >= 0.3 is 5.97 Å². The lowest BCUT2D eigenvalue weighted by Gasteiger charge is -2.12. The third-order valence-electron chi connectivity index (χ3n) is 2.06. The minimum absolute atomic E-state index is 0. The van der Waals surface area contributed by atoms with E-state index in [0.717, 1.165) is 12.8 Å². The van der Waals surface area contributed by atoms with Crippen molar-refractivity contribution < 1.29 is 9.90 Å². The van der Waals surface area contributed by atoms with Crippen LogP contribution >= 0.6 is 12.4 Å². The van der Waals surface area contributed by atoms with E-state index in [-0.39, 0.29) is 17.8 Å². The van der Waals surface area contributed by atoms with Crippen molar-refractivity contribution in [2.45, 2.75) is 25.8 Å². The number of carboxylic acids is 1. The highest BCUT2D eigenvalue weighted by atomic mass is 35.5. The molecule has 1 atom stereocenters. The summed E-state index contributed by atoms with van der Waals surface area (Å²) in [6.07, 6.45) is 1.92. The van der Waals surface area contributed by atoms with Gasteiger partial charge in [0, 0.05) is 0 Å². The number of rotatable bonds is 2. The topological polar surface area (TPSA) is 63.3 Å². The van der Waals surface area contributed by atoms with Gasteiger partial charge in [0.05, 0.1) is 0 Å². The van der Waals surface area contributed by atoms with Gasteiger partial charge in [0.15, 0.2) is 0 Å². The van der Waals surface area contributed by atoms with Gasteiger partial charge in [-0.2, -0.15) is 0 Å². The van der Waals surface area contributed by atoms with Gasteiger partial charge < -0.3 is 10.8 Å². The highest BCUT2D eigenvalue weighted by Crippen LogP contribution is 2.47. The quantitative estimate of drug-likeness (QED) is 0.631. The second-order valence-corrected chi connectivity index (χ2v) is 2.97. The average Bonchev–Trinajstić information content (AvgIpc) is 2.47. The Bertz CT molecular complexity index is 145. The second-order valence-electron chi connectivity index (χ2n) is 2.97. The number of carboxylic acid groups (broad SMARTS) is 1. The molecule has 0 aliphatic heterocycles. The van der Waals surface area contributed by atoms with E-state index in [0.29, 0.717) is 0 Å². The number of carbonyl (C=O) groups is 1. The van der Waals surface area contributed by atoms with Gasteiger partial charge in [-0.15, -0.1) is 12.4 Å². The van der Waals surface area contributed by atoms with Gasteiger partial charge in [-0.1, -0.05) is 6.92 Å². The molecule has 1 saturated carbocycles. The van der Waals surface area contributed by atoms with Crippen molar-refractivity contribution in [3.05, 3.63) is 0 Å². The van der Waals surface area contributed by atoms with E-state index in [1.165, 1.54) is 0 Å². The average molecular weight is 166 g/mol. The molecule has 0 aromatic heterocycles. The molecule has 10 heavy (non-hydrogen) atoms. The zero-order valence-electron chi connectivity index (χ0n) is 5.83. The van der Waals surface area contributed by atoms with Gasteiger partial charge in [0.2, 0.25) is 0 Å². The molecule has 0 spiro atoms. The fourth-order valence-corrected chi connectivity index (χ4v) is 0.806. The Hall–Kier alpha value is -0.280. The summed E-state index contributed by atoms with van der Waals surface area (Å²) in [6.45, 7) is 1.91. The summed E-state index contributed by atoms with van der Waals surface area (Å²) in [6, 6.07) is -0.655. The Labute approximate surface area is 66.0 Å². The summed E-state index contributed by atoms with van der Waals surface area (Å²) in [5, 5.41) is 8.43. The Balaban J connectivity index is 0.000000810. The van der Waals surface area contributed by atoms with Crippen LogP contribution in [0.4, 0.5) is 0 Å². The normalized spacial score (nSPS) is 22.6. The predicted molar refractivity (Wildman–Crippen MR) is 40.2 cm³/mol. The van der Waals surface area contributed by atoms with Crippen LogP contribution in [0.2, 0.25) is 0 Å². The molecule has 0 aromatic carbocycles. The maximum absolute atomic E-state index is 10.3. The molecule has 4 heteroatoms. The first-order chi connectivity index (χ1) is 4.06. The van der Waals surface area contributed by atoms with Gasteiger partial charge in [0.1, 0.15) is 6.04 Å². The molecule has 0 aromatic rings. The van der Waals surface area contributed by atoms with Crippen LogP contribution in [0, 0.1) is 5.41 Å². The monoisotopic (exact) mass is 165 g/mol. The largest absolute Gasteiger partial charge is 0.480 e. The van der Waals surface area contributed by atoms with E-state index in [2.05, 4.69) is 0 Å². The fraction of sp³-hybridized carbons (Fsp3) is 0.833. The van der Waals surface area contributed by atoms with Crippen LogP contribution in [0.1, 0.15) is 19.8 Å². The summed E-state index contributed by atoms with van der Waals surface area (Å²) < 4.78 is 0. The predicted octanol–water partition coefficient (Wildman–Crippen LogP) is 0.620. The molecule has 0 saturated heterocycles. The molecule has 1 aliphatic rings. The van der Waals surface area contributed by atoms with E-state index in [9.17, 15) is 4.79 Å². The molecular weight excluding hydrogens is 154 g/mol. The first kappa shape index (κ1) is 9.72. The molecule has 0 heterocycles. The summed E-state index contributed by atoms with van der Waals surface area (Å²) in [4.78, 5) is 10.3. The van der Waals surface area contributed by atoms with Crippen molar-refractivity contribution in [2.75, 3.05) is 0 Å². The summed E-state index contributed by atoms with van der Waals surface area (Å²) >= 11 is 0. The maximum atomic E-state index is 10.3. The molecule has 3 nitrogen and oxygen atoms in total. The van der Waals surface area contributed by atoms with Crippen LogP contribution in [0.5, 0.6) is 0 Å². The minimum Gasteiger partial charge on any atom is -0.480 e. The molecule has 1 fully saturated rings. The zero-order chi connectivity index (χ0) is 7.07. The smallest absolute Gasteiger partial charge is 0.321 e. The Morgan fingerprint density at radius 1 is 1.70 bits per heavy atom. The van der Waals surface area contributed by atoms with Gasteiger partial charge in [-0.25, -0.2) is 0 Å². The lowest BCUT2D eigenvalue weighted by Crippen LogP contribution is -2.37. The highest BCUT2D eigenvalue weighted by molar-refractivity contribution is 5.85. The van der Waals surface area contributed by atoms with E-state index < -0.39 is 12.0 Å². The zero-order valence-corrected chi connectivity index (χ0v) is 6.65. The molecule has 0 amide bonds. The first-order valence-electron chi connectivity index (χ1n) is 3.05. The molecule has 0 unspecified atom stereocenters. The summed E-state index contributed by atoms with van der Waals surface area (Å²) in [5.41, 5.74) is 5.27. The van der Waals surface area contributed by atoms with Crippen LogP contribution in [-0.4, -0.2) is 17.1 Å². The van der Waals surface area contributed by atoms with Gasteiger partial charge in [0.25, 0.3) is 0 Å². The van der Waals surface area contributed by atoms with Crippen molar-refractivity contribution in [2.24, 2.45) is 11.1 Å². The highest BCUT2D eigenvalue weighted by Gasteiger charge is 2.46. The number of halogens is 1. The lowest BCUT2D eigenvalue weighted by molar-refractivity contribution is -0.140. The van der Waals surface area contributed by atoms with E-state index in [1.54, 1.807) is 0 Å². The van der Waals surface area contributed by atoms with Crippen LogP contribution in [0.25, 0.3) is 0 Å². The van der Waals surface area contributed by atoms with E-state index >= 15 is 0 Å². The molecule has 3 N–H and O–H groups in total. The number of hydrogen-bond acceptors (Lipinski definition) is 2. The SMILES string of the molecule is CC1([C@@H](N)C(=O)O)CC1.Cl. The number of hydrogen-bond donors (Lipinski definition) is 2. The van der Waals surface area contributed by atoms with Crippen molar-refractivity contribution >= 4 is 18.4 Å². The third kappa shape index (κ3) is 1.61. The summed E-state index contributed by atoms with van der Waals surface area (Å²) in [7, 11) is 0. The van der Waals surface area contributed by atoms with Gasteiger partial charge in [-0.05, 0) is 18.3 Å². The first-order valence-corrected chi connectivity index (χ1v) is 3.05. The molecule has 0 bridgehead atoms. The third-order valence-corrected chi connectivity index (χ3v) is 2.06. The molecule has 60 valence electrons. The van der Waals surface area contributed by atoms with Crippen LogP contribution in [-0.2, 0) is 4.79 Å². The number of nitrogens with two attached hydrogens (primary N) is 1. The summed E-state index contributed by atoms with van der Waals surface area (Å²) in [5.74, 6) is -0.880. The van der Waals surface area contributed by atoms with Crippen LogP contribution < -0.4 is 5.73 Å². The van der Waals surface area contributed by atoms with E-state index in [4.69, 9.17) is 10.8 Å². The van der Waals surface area contributed by atoms with Crippen LogP contribution in [0.15, 0.2) is 0 Å². The van der Waals surface area contributed by atoms with Crippen LogP contribution in [0.3, 0.4) is 0 Å². The second kappa shape index (κ2) is 2.76. The maximum Gasteiger partial charge on any atom is 0.321 e. The fourth-order valence-electron chi connectivity index (χ4n) is 0.806. The molecule has 1 aliphatic carbocycles. The molecule has 0 radical (unpaired) electrons. The van der Waals surface area contributed by atoms with Crippen molar-refractivity contribution in [3.63, 3.8) is 0 Å². The lowest BCUT2D eigenvalue weighted by atomic mass is 10.0. The Kier molecular flexibility index (Phi) is 2.68. The minimum atomic E-state index is -0.880. The van der Waals surface area contributed by atoms with E-state index in [1.807, 2.05) is 6.92 Å². The molecular formula is C6H12ClNO2. The van der Waals surface area contributed by atoms with Crippen molar-refractivity contribution in [1.82, 2.24) is 0 Å². The van der Waals surface area contributed by atoms with Crippen molar-refractivity contribution in [3.8, 4) is 0 Å². The molecule has 1 rings (SSSR count). The Morgan fingerprint density at radius 2 is 2.10 bits per heavy atom. The van der Waals surface area contributed by atoms with Crippen molar-refractivity contribution in [1.29, 1.82) is 0 Å². The standard InChI is InChI=1S/C6H11NO2.ClH/c1-6(2-3-6)4(7)5(8)9;/h4H,2-3,7H2,1H3,(H,8,9);1H/t4-;/m0./s1. The van der Waals surface area contributed by atoms with Gasteiger partial charge in [-0.3, -0.25) is 4.79 Å².